The quantitative estimate of drug-likeness (QED) is 0.757. The first-order chi connectivity index (χ1) is 8.26. The maximum atomic E-state index is 10.8. The van der Waals surface area contributed by atoms with Gasteiger partial charge in [-0.1, -0.05) is 24.3 Å². The average molecular weight is 229 g/mol. The summed E-state index contributed by atoms with van der Waals surface area (Å²) in [7, 11) is 0. The second kappa shape index (κ2) is 4.91. The largest absolute Gasteiger partial charge is 0.298 e. The molecule has 0 amide bonds. The van der Waals surface area contributed by atoms with Crippen LogP contribution in [0.2, 0.25) is 0 Å². The molecule has 2 rings (SSSR count). The molecule has 0 saturated carbocycles. The minimum atomic E-state index is 0.676. The van der Waals surface area contributed by atoms with E-state index in [2.05, 4.69) is 17.2 Å². The van der Waals surface area contributed by atoms with Crippen molar-refractivity contribution < 1.29 is 4.79 Å². The van der Waals surface area contributed by atoms with Crippen molar-refractivity contribution in [2.45, 2.75) is 26.8 Å². The maximum Gasteiger partial charge on any atom is 0.150 e. The van der Waals surface area contributed by atoms with Crippen LogP contribution in [0, 0.1) is 6.92 Å². The zero-order valence-corrected chi connectivity index (χ0v) is 10.1. The normalized spacial score (nSPS) is 10.5. The number of carbonyl (C=O) groups excluding carboxylic acids is 1. The van der Waals surface area contributed by atoms with Crippen LogP contribution in [0.4, 0.5) is 0 Å². The first-order valence-electron chi connectivity index (χ1n) is 5.71. The van der Waals surface area contributed by atoms with Crippen LogP contribution in [0.3, 0.4) is 0 Å². The van der Waals surface area contributed by atoms with E-state index in [1.807, 2.05) is 29.8 Å². The molecule has 0 fully saturated rings. The van der Waals surface area contributed by atoms with E-state index in [0.717, 1.165) is 36.1 Å². The van der Waals surface area contributed by atoms with Crippen LogP contribution in [0.15, 0.2) is 24.4 Å². The topological polar surface area (TPSA) is 47.8 Å². The molecule has 0 unspecified atom stereocenters. The molecule has 1 heterocycles. The molecule has 1 aromatic carbocycles. The number of nitrogens with zero attached hydrogens (tertiary/aromatic N) is 3. The monoisotopic (exact) mass is 229 g/mol. The third kappa shape index (κ3) is 2.25. The zero-order valence-electron chi connectivity index (χ0n) is 10.1. The highest BCUT2D eigenvalue weighted by atomic mass is 16.1. The van der Waals surface area contributed by atoms with E-state index in [-0.39, 0.29) is 0 Å². The van der Waals surface area contributed by atoms with Gasteiger partial charge >= 0.3 is 0 Å². The summed E-state index contributed by atoms with van der Waals surface area (Å²) in [4.78, 5) is 10.8. The number of benzene rings is 1. The summed E-state index contributed by atoms with van der Waals surface area (Å²) in [5.74, 6) is 0. The van der Waals surface area contributed by atoms with Crippen LogP contribution in [0.1, 0.15) is 29.3 Å². The van der Waals surface area contributed by atoms with Crippen LogP contribution in [0.5, 0.6) is 0 Å². The maximum absolute atomic E-state index is 10.8. The smallest absolute Gasteiger partial charge is 0.150 e. The third-order valence-electron chi connectivity index (χ3n) is 2.73. The van der Waals surface area contributed by atoms with Gasteiger partial charge < -0.3 is 0 Å². The second-order valence-electron chi connectivity index (χ2n) is 4.03. The first-order valence-corrected chi connectivity index (χ1v) is 5.71. The molecule has 0 atom stereocenters. The molecule has 4 nitrogen and oxygen atoms in total. The summed E-state index contributed by atoms with van der Waals surface area (Å²) < 4.78 is 1.87. The van der Waals surface area contributed by atoms with Crippen molar-refractivity contribution in [2.24, 2.45) is 0 Å². The molecule has 4 heteroatoms. The van der Waals surface area contributed by atoms with Crippen molar-refractivity contribution in [3.63, 3.8) is 0 Å². The molecule has 17 heavy (non-hydrogen) atoms. The van der Waals surface area contributed by atoms with Gasteiger partial charge in [0.05, 0.1) is 11.9 Å². The molecular weight excluding hydrogens is 214 g/mol. The lowest BCUT2D eigenvalue weighted by molar-refractivity contribution is 0.112. The summed E-state index contributed by atoms with van der Waals surface area (Å²) in [6, 6.07) is 5.65. The molecule has 0 radical (unpaired) electrons. The predicted molar refractivity (Wildman–Crippen MR) is 65.9 cm³/mol. The molecule has 0 bridgehead atoms. The second-order valence-corrected chi connectivity index (χ2v) is 4.03. The molecular formula is C13H15N3O. The minimum absolute atomic E-state index is 0.676. The van der Waals surface area contributed by atoms with Gasteiger partial charge in [0.15, 0.2) is 0 Å². The number of rotatable bonds is 4. The van der Waals surface area contributed by atoms with Crippen molar-refractivity contribution in [3.8, 4) is 11.3 Å². The molecule has 0 aliphatic heterocycles. The standard InChI is InChI=1S/C13H15N3O/c1-3-6-16-13(8-14-15-16)12-7-11(9-17)5-4-10(12)2/h4-5,7-9H,3,6H2,1-2H3. The van der Waals surface area contributed by atoms with Crippen molar-refractivity contribution in [1.82, 2.24) is 15.0 Å². The lowest BCUT2D eigenvalue weighted by Gasteiger charge is -2.08. The van der Waals surface area contributed by atoms with Crippen LogP contribution >= 0.6 is 0 Å². The van der Waals surface area contributed by atoms with E-state index >= 15 is 0 Å². The molecule has 0 saturated heterocycles. The van der Waals surface area contributed by atoms with Gasteiger partial charge in [0, 0.05) is 17.7 Å². The summed E-state index contributed by atoms with van der Waals surface area (Å²) in [6.07, 6.45) is 3.60. The molecule has 2 aromatic rings. The van der Waals surface area contributed by atoms with Gasteiger partial charge in [0.2, 0.25) is 0 Å². The van der Waals surface area contributed by atoms with Crippen LogP contribution in [-0.2, 0) is 6.54 Å². The summed E-state index contributed by atoms with van der Waals surface area (Å²) in [5.41, 5.74) is 3.78. The molecule has 0 aliphatic carbocycles. The minimum Gasteiger partial charge on any atom is -0.298 e. The van der Waals surface area contributed by atoms with Gasteiger partial charge in [-0.15, -0.1) is 5.10 Å². The summed E-state index contributed by atoms with van der Waals surface area (Å²) in [6.45, 7) is 4.95. The van der Waals surface area contributed by atoms with Gasteiger partial charge in [-0.05, 0) is 25.0 Å². The van der Waals surface area contributed by atoms with E-state index in [4.69, 9.17) is 0 Å². The average Bonchev–Trinajstić information content (AvgIpc) is 2.78. The third-order valence-corrected chi connectivity index (χ3v) is 2.73. The first kappa shape index (κ1) is 11.5. The lowest BCUT2D eigenvalue weighted by atomic mass is 10.0. The Kier molecular flexibility index (Phi) is 3.32. The van der Waals surface area contributed by atoms with Gasteiger partial charge in [0.1, 0.15) is 6.29 Å². The van der Waals surface area contributed by atoms with Crippen molar-refractivity contribution in [1.29, 1.82) is 0 Å². The van der Waals surface area contributed by atoms with Crippen molar-refractivity contribution in [3.05, 3.63) is 35.5 Å². The molecule has 1 aromatic heterocycles. The number of hydrogen-bond acceptors (Lipinski definition) is 3. The fourth-order valence-electron chi connectivity index (χ4n) is 1.83. The Morgan fingerprint density at radius 2 is 2.24 bits per heavy atom. The van der Waals surface area contributed by atoms with E-state index in [1.165, 1.54) is 0 Å². The number of aldehydes is 1. The van der Waals surface area contributed by atoms with Crippen molar-refractivity contribution >= 4 is 6.29 Å². The van der Waals surface area contributed by atoms with E-state index in [1.54, 1.807) is 6.20 Å². The Bertz CT molecular complexity index is 531. The number of hydrogen-bond donors (Lipinski definition) is 0. The fourth-order valence-corrected chi connectivity index (χ4v) is 1.83. The fraction of sp³-hybridized carbons (Fsp3) is 0.308. The zero-order chi connectivity index (χ0) is 12.3. The van der Waals surface area contributed by atoms with Crippen LogP contribution < -0.4 is 0 Å². The highest BCUT2D eigenvalue weighted by Crippen LogP contribution is 2.23. The molecule has 0 spiro atoms. The number of carbonyl (C=O) groups is 1. The number of aryl methyl sites for hydroxylation is 2. The Balaban J connectivity index is 2.51. The summed E-state index contributed by atoms with van der Waals surface area (Å²) >= 11 is 0. The van der Waals surface area contributed by atoms with Gasteiger partial charge in [-0.3, -0.25) is 4.79 Å². The lowest BCUT2D eigenvalue weighted by Crippen LogP contribution is -2.02. The number of aromatic nitrogens is 3. The van der Waals surface area contributed by atoms with E-state index < -0.39 is 0 Å². The molecule has 88 valence electrons. The Labute approximate surface area is 100 Å². The Hall–Kier alpha value is -1.97. The highest BCUT2D eigenvalue weighted by Gasteiger charge is 2.09. The van der Waals surface area contributed by atoms with Gasteiger partial charge in [-0.25, -0.2) is 4.68 Å². The summed E-state index contributed by atoms with van der Waals surface area (Å²) in [5, 5.41) is 8.00. The Morgan fingerprint density at radius 3 is 2.94 bits per heavy atom. The van der Waals surface area contributed by atoms with E-state index in [9.17, 15) is 4.79 Å². The van der Waals surface area contributed by atoms with Gasteiger partial charge in [-0.2, -0.15) is 0 Å². The van der Waals surface area contributed by atoms with Crippen molar-refractivity contribution in [2.75, 3.05) is 0 Å². The molecule has 0 aliphatic rings. The van der Waals surface area contributed by atoms with Gasteiger partial charge in [0.25, 0.3) is 0 Å². The SMILES string of the molecule is CCCn1nncc1-c1cc(C=O)ccc1C. The highest BCUT2D eigenvalue weighted by molar-refractivity contribution is 5.79. The molecule has 0 N–H and O–H groups in total. The van der Waals surface area contributed by atoms with Crippen LogP contribution in [-0.4, -0.2) is 21.3 Å². The Morgan fingerprint density at radius 1 is 1.41 bits per heavy atom. The van der Waals surface area contributed by atoms with E-state index in [0.29, 0.717) is 5.56 Å². The van der Waals surface area contributed by atoms with Crippen LogP contribution in [0.25, 0.3) is 11.3 Å². The predicted octanol–water partition coefficient (Wildman–Crippen LogP) is 2.48.